The summed E-state index contributed by atoms with van der Waals surface area (Å²) in [5.74, 6) is -0.914. The van der Waals surface area contributed by atoms with Gasteiger partial charge in [-0.05, 0) is 64.2 Å². The highest BCUT2D eigenvalue weighted by Gasteiger charge is 2.24. The van der Waals surface area contributed by atoms with E-state index in [-0.39, 0.29) is 6.42 Å². The molecular weight excluding hydrogens is 454 g/mol. The topological polar surface area (TPSA) is 40.1 Å². The SMILES string of the molecule is CCCCCCCCC=CCCCCCCCC(=O)[O-].CCCC[N+](CCCC)(CCCC)CCCC. The van der Waals surface area contributed by atoms with Gasteiger partial charge in [0.1, 0.15) is 0 Å². The van der Waals surface area contributed by atoms with Gasteiger partial charge in [0.25, 0.3) is 0 Å². The van der Waals surface area contributed by atoms with Crippen molar-refractivity contribution in [1.82, 2.24) is 0 Å². The lowest BCUT2D eigenvalue weighted by molar-refractivity contribution is -0.929. The molecule has 37 heavy (non-hydrogen) atoms. The van der Waals surface area contributed by atoms with Crippen molar-refractivity contribution < 1.29 is 14.4 Å². The highest BCUT2D eigenvalue weighted by Crippen LogP contribution is 2.16. The van der Waals surface area contributed by atoms with Crippen LogP contribution in [0.2, 0.25) is 0 Å². The molecule has 0 aliphatic rings. The highest BCUT2D eigenvalue weighted by atomic mass is 16.4. The van der Waals surface area contributed by atoms with Crippen molar-refractivity contribution in [3.63, 3.8) is 0 Å². The Hall–Kier alpha value is -0.830. The van der Waals surface area contributed by atoms with Gasteiger partial charge in [0.15, 0.2) is 0 Å². The molecule has 0 atom stereocenters. The average molecular weight is 524 g/mol. The number of allylic oxidation sites excluding steroid dienone is 2. The minimum absolute atomic E-state index is 0.220. The molecule has 0 saturated carbocycles. The molecule has 0 aromatic carbocycles. The standard InChI is InChI=1S/C18H34O2.C16H36N/c1-2-3-4-5-6-7-8-9-10-11-12-13-14-15-16-17-18(19)20;1-5-9-13-17(14-10-6-2,15-11-7-3)16-12-8-4/h9-10H,2-8,11-17H2,1H3,(H,19,20);5-16H2,1-4H3/q;+1/p-1. The summed E-state index contributed by atoms with van der Waals surface area (Å²) >= 11 is 0. The molecule has 0 bridgehead atoms. The molecule has 0 unspecified atom stereocenters. The summed E-state index contributed by atoms with van der Waals surface area (Å²) in [5.41, 5.74) is 0. The average Bonchev–Trinajstić information content (AvgIpc) is 2.90. The highest BCUT2D eigenvalue weighted by molar-refractivity contribution is 5.64. The number of hydrogen-bond donors (Lipinski definition) is 0. The van der Waals surface area contributed by atoms with Gasteiger partial charge in [0.2, 0.25) is 0 Å². The molecule has 0 N–H and O–H groups in total. The van der Waals surface area contributed by atoms with E-state index in [9.17, 15) is 9.90 Å². The molecule has 0 aliphatic heterocycles. The fraction of sp³-hybridized carbons (Fsp3) is 0.912. The van der Waals surface area contributed by atoms with Crippen LogP contribution in [-0.2, 0) is 4.79 Å². The number of carboxylic acids is 1. The van der Waals surface area contributed by atoms with Crippen LogP contribution in [0.4, 0.5) is 0 Å². The van der Waals surface area contributed by atoms with Crippen LogP contribution in [0.5, 0.6) is 0 Å². The van der Waals surface area contributed by atoms with E-state index in [1.165, 1.54) is 146 Å². The Morgan fingerprint density at radius 3 is 1.16 bits per heavy atom. The summed E-state index contributed by atoms with van der Waals surface area (Å²) < 4.78 is 1.42. The lowest BCUT2D eigenvalue weighted by atomic mass is 10.1. The van der Waals surface area contributed by atoms with Crippen LogP contribution in [0.3, 0.4) is 0 Å². The lowest BCUT2D eigenvalue weighted by Crippen LogP contribution is -2.50. The van der Waals surface area contributed by atoms with E-state index in [2.05, 4.69) is 46.8 Å². The number of carbonyl (C=O) groups is 1. The van der Waals surface area contributed by atoms with Gasteiger partial charge in [-0.15, -0.1) is 0 Å². The van der Waals surface area contributed by atoms with Gasteiger partial charge in [-0.2, -0.15) is 0 Å². The quantitative estimate of drug-likeness (QED) is 0.0610. The molecule has 0 rings (SSSR count). The number of nitrogens with zero attached hydrogens (tertiary/aromatic N) is 1. The molecule has 0 aliphatic carbocycles. The Kier molecular flexibility index (Phi) is 32.5. The molecule has 0 saturated heterocycles. The molecule has 222 valence electrons. The molecule has 0 radical (unpaired) electrons. The van der Waals surface area contributed by atoms with Gasteiger partial charge < -0.3 is 14.4 Å². The predicted octanol–water partition coefficient (Wildman–Crippen LogP) is 9.78. The van der Waals surface area contributed by atoms with E-state index in [1.54, 1.807) is 0 Å². The summed E-state index contributed by atoms with van der Waals surface area (Å²) in [6.45, 7) is 17.3. The fourth-order valence-electron chi connectivity index (χ4n) is 4.98. The van der Waals surface area contributed by atoms with Crippen molar-refractivity contribution in [3.8, 4) is 0 Å². The van der Waals surface area contributed by atoms with E-state index in [1.807, 2.05) is 0 Å². The summed E-state index contributed by atoms with van der Waals surface area (Å²) in [4.78, 5) is 10.2. The third-order valence-electron chi connectivity index (χ3n) is 7.59. The molecule has 0 fully saturated rings. The van der Waals surface area contributed by atoms with Gasteiger partial charge in [-0.25, -0.2) is 0 Å². The smallest absolute Gasteiger partial charge is 0.0786 e. The first-order valence-electron chi connectivity index (χ1n) is 16.7. The second-order valence-corrected chi connectivity index (χ2v) is 11.4. The van der Waals surface area contributed by atoms with Gasteiger partial charge in [-0.3, -0.25) is 0 Å². The van der Waals surface area contributed by atoms with Gasteiger partial charge >= 0.3 is 0 Å². The number of carbonyl (C=O) groups excluding carboxylic acids is 1. The van der Waals surface area contributed by atoms with Crippen LogP contribution in [-0.4, -0.2) is 36.6 Å². The van der Waals surface area contributed by atoms with Crippen LogP contribution in [0.15, 0.2) is 12.2 Å². The number of aliphatic carboxylic acids is 1. The maximum Gasteiger partial charge on any atom is 0.0786 e. The van der Waals surface area contributed by atoms with Crippen molar-refractivity contribution in [1.29, 1.82) is 0 Å². The van der Waals surface area contributed by atoms with Crippen LogP contribution in [0.25, 0.3) is 0 Å². The Labute approximate surface area is 234 Å². The molecule has 0 aromatic heterocycles. The van der Waals surface area contributed by atoms with Gasteiger partial charge in [-0.1, -0.05) is 124 Å². The number of carboxylic acid groups (broad SMARTS) is 1. The second kappa shape index (κ2) is 31.4. The molecular formula is C34H69NO2. The summed E-state index contributed by atoms with van der Waals surface area (Å²) in [6.07, 6.45) is 32.0. The van der Waals surface area contributed by atoms with Crippen molar-refractivity contribution >= 4 is 5.97 Å². The predicted molar refractivity (Wildman–Crippen MR) is 164 cm³/mol. The van der Waals surface area contributed by atoms with Crippen LogP contribution >= 0.6 is 0 Å². The molecule has 0 amide bonds. The van der Waals surface area contributed by atoms with E-state index in [0.717, 1.165) is 19.3 Å². The number of rotatable bonds is 27. The van der Waals surface area contributed by atoms with Crippen molar-refractivity contribution in [3.05, 3.63) is 12.2 Å². The van der Waals surface area contributed by atoms with E-state index < -0.39 is 5.97 Å². The number of unbranched alkanes of at least 4 members (excludes halogenated alkanes) is 15. The minimum Gasteiger partial charge on any atom is -0.550 e. The Bertz CT molecular complexity index is 437. The monoisotopic (exact) mass is 524 g/mol. The molecule has 0 aromatic rings. The van der Waals surface area contributed by atoms with Crippen LogP contribution in [0, 0.1) is 0 Å². The third kappa shape index (κ3) is 29.6. The fourth-order valence-corrected chi connectivity index (χ4v) is 4.98. The van der Waals surface area contributed by atoms with E-state index >= 15 is 0 Å². The van der Waals surface area contributed by atoms with Crippen molar-refractivity contribution in [2.45, 2.75) is 176 Å². The van der Waals surface area contributed by atoms with E-state index in [0.29, 0.717) is 0 Å². The van der Waals surface area contributed by atoms with Gasteiger partial charge in [0, 0.05) is 5.97 Å². The minimum atomic E-state index is -0.914. The lowest BCUT2D eigenvalue weighted by Gasteiger charge is -2.39. The maximum absolute atomic E-state index is 10.2. The zero-order valence-electron chi connectivity index (χ0n) is 26.3. The first-order chi connectivity index (χ1) is 18.0. The normalized spacial score (nSPS) is 11.6. The summed E-state index contributed by atoms with van der Waals surface area (Å²) in [5, 5.41) is 10.2. The second-order valence-electron chi connectivity index (χ2n) is 11.4. The number of hydrogen-bond acceptors (Lipinski definition) is 2. The molecule has 3 heteroatoms. The van der Waals surface area contributed by atoms with Crippen LogP contribution in [0.1, 0.15) is 176 Å². The Morgan fingerprint density at radius 2 is 0.811 bits per heavy atom. The third-order valence-corrected chi connectivity index (χ3v) is 7.59. The largest absolute Gasteiger partial charge is 0.550 e. The van der Waals surface area contributed by atoms with Crippen LogP contribution < -0.4 is 5.11 Å². The van der Waals surface area contributed by atoms with Crippen molar-refractivity contribution in [2.24, 2.45) is 0 Å². The molecule has 3 nitrogen and oxygen atoms in total. The number of quaternary nitrogens is 1. The Morgan fingerprint density at radius 1 is 0.486 bits per heavy atom. The Balaban J connectivity index is 0. The first-order valence-corrected chi connectivity index (χ1v) is 16.7. The first kappa shape index (κ1) is 38.3. The van der Waals surface area contributed by atoms with Gasteiger partial charge in [0.05, 0.1) is 26.2 Å². The zero-order valence-corrected chi connectivity index (χ0v) is 26.3. The maximum atomic E-state index is 10.2. The molecule has 0 heterocycles. The summed E-state index contributed by atoms with van der Waals surface area (Å²) in [6, 6.07) is 0. The zero-order chi connectivity index (χ0) is 27.9. The van der Waals surface area contributed by atoms with E-state index in [4.69, 9.17) is 0 Å². The summed E-state index contributed by atoms with van der Waals surface area (Å²) in [7, 11) is 0. The van der Waals surface area contributed by atoms with Crippen molar-refractivity contribution in [2.75, 3.05) is 26.2 Å². The molecule has 0 spiro atoms.